The first kappa shape index (κ1) is 11.0. The molecule has 0 saturated heterocycles. The fraction of sp³-hybridized carbons (Fsp3) is 0. The van der Waals surface area contributed by atoms with Crippen LogP contribution in [0.2, 0.25) is 5.02 Å². The Morgan fingerprint density at radius 3 is 2.83 bits per heavy atom. The highest BCUT2D eigenvalue weighted by Gasteiger charge is 2.14. The normalized spacial score (nSPS) is 11.0. The Morgan fingerprint density at radius 1 is 1.28 bits per heavy atom. The highest BCUT2D eigenvalue weighted by molar-refractivity contribution is 6.33. The molecule has 0 amide bonds. The summed E-state index contributed by atoms with van der Waals surface area (Å²) in [6.45, 7) is 0. The number of hydrogen-bond acceptors (Lipinski definition) is 3. The molecule has 0 unspecified atom stereocenters. The average molecular weight is 263 g/mol. The summed E-state index contributed by atoms with van der Waals surface area (Å²) >= 11 is 6.10. The van der Waals surface area contributed by atoms with Gasteiger partial charge in [0.15, 0.2) is 5.82 Å². The summed E-state index contributed by atoms with van der Waals surface area (Å²) in [7, 11) is 0. The largest absolute Gasteiger partial charge is 0.367 e. The van der Waals surface area contributed by atoms with E-state index < -0.39 is 5.82 Å². The Hall–Kier alpha value is -2.14. The molecule has 0 saturated carbocycles. The summed E-state index contributed by atoms with van der Waals surface area (Å²) < 4.78 is 15.2. The van der Waals surface area contributed by atoms with E-state index in [1.54, 1.807) is 18.2 Å². The highest BCUT2D eigenvalue weighted by atomic mass is 35.5. The van der Waals surface area contributed by atoms with Crippen molar-refractivity contribution in [2.45, 2.75) is 0 Å². The molecule has 2 N–H and O–H groups in total. The van der Waals surface area contributed by atoms with Crippen molar-refractivity contribution in [2.75, 3.05) is 5.73 Å². The molecular weight excluding hydrogens is 255 g/mol. The van der Waals surface area contributed by atoms with E-state index >= 15 is 0 Å². The number of nitrogens with two attached hydrogens (primary N) is 1. The van der Waals surface area contributed by atoms with Gasteiger partial charge < -0.3 is 5.73 Å². The summed E-state index contributed by atoms with van der Waals surface area (Å²) in [5, 5.41) is 4.52. The minimum absolute atomic E-state index is 0.0754. The van der Waals surface area contributed by atoms with Gasteiger partial charge in [0.25, 0.3) is 0 Å². The predicted molar refractivity (Wildman–Crippen MR) is 67.8 cm³/mol. The molecule has 0 aliphatic rings. The lowest BCUT2D eigenvalue weighted by Gasteiger charge is -2.04. The molecule has 6 heteroatoms. The zero-order chi connectivity index (χ0) is 12.7. The number of anilines is 1. The topological polar surface area (TPSA) is 56.2 Å². The van der Waals surface area contributed by atoms with Gasteiger partial charge in [0.05, 0.1) is 11.9 Å². The number of hydrogen-bond donors (Lipinski definition) is 1. The van der Waals surface area contributed by atoms with Crippen molar-refractivity contribution >= 4 is 23.1 Å². The van der Waals surface area contributed by atoms with E-state index in [0.717, 1.165) is 0 Å². The van der Waals surface area contributed by atoms with E-state index in [4.69, 9.17) is 17.3 Å². The number of rotatable bonds is 1. The van der Waals surface area contributed by atoms with Crippen LogP contribution >= 0.6 is 11.6 Å². The molecule has 0 fully saturated rings. The van der Waals surface area contributed by atoms with Crippen LogP contribution in [0.1, 0.15) is 0 Å². The summed E-state index contributed by atoms with van der Waals surface area (Å²) in [6, 6.07) is 8.52. The molecule has 2 heterocycles. The van der Waals surface area contributed by atoms with Crippen LogP contribution in [0.5, 0.6) is 0 Å². The lowest BCUT2D eigenvalue weighted by molar-refractivity contribution is 0.638. The van der Waals surface area contributed by atoms with Gasteiger partial charge >= 0.3 is 0 Å². The van der Waals surface area contributed by atoms with Crippen LogP contribution in [0.15, 0.2) is 36.5 Å². The Morgan fingerprint density at radius 2 is 2.06 bits per heavy atom. The first-order chi connectivity index (χ1) is 8.66. The number of nitrogens with zero attached hydrogens (tertiary/aromatic N) is 3. The fourth-order valence-corrected chi connectivity index (χ4v) is 2.06. The average Bonchev–Trinajstić information content (AvgIpc) is 2.67. The van der Waals surface area contributed by atoms with Crippen molar-refractivity contribution in [2.24, 2.45) is 0 Å². The number of aromatic nitrogens is 3. The highest BCUT2D eigenvalue weighted by Crippen LogP contribution is 2.30. The van der Waals surface area contributed by atoms with Crippen molar-refractivity contribution in [3.05, 3.63) is 47.4 Å². The van der Waals surface area contributed by atoms with Crippen LogP contribution < -0.4 is 5.73 Å². The lowest BCUT2D eigenvalue weighted by Crippen LogP contribution is -2.01. The number of halogens is 2. The fourth-order valence-electron chi connectivity index (χ4n) is 1.83. The monoisotopic (exact) mass is 262 g/mol. The Bertz CT molecular complexity index is 738. The van der Waals surface area contributed by atoms with Crippen LogP contribution in [0.25, 0.3) is 16.8 Å². The lowest BCUT2D eigenvalue weighted by atomic mass is 10.1. The second-order valence-electron chi connectivity index (χ2n) is 3.77. The van der Waals surface area contributed by atoms with Crippen LogP contribution in [0.3, 0.4) is 0 Å². The molecule has 1 aromatic carbocycles. The second-order valence-corrected chi connectivity index (χ2v) is 4.18. The zero-order valence-corrected chi connectivity index (χ0v) is 9.89. The molecule has 2 aromatic heterocycles. The van der Waals surface area contributed by atoms with E-state index in [-0.39, 0.29) is 11.5 Å². The molecule has 3 rings (SSSR count). The SMILES string of the molecule is Nc1ncc2c(F)cc(-c3ccccc3Cl)n2n1. The second kappa shape index (κ2) is 3.96. The third-order valence-corrected chi connectivity index (χ3v) is 2.97. The summed E-state index contributed by atoms with van der Waals surface area (Å²) in [5.74, 6) is -0.337. The maximum absolute atomic E-state index is 13.8. The predicted octanol–water partition coefficient (Wildman–Crippen LogP) is 2.77. The minimum atomic E-state index is -0.412. The molecular formula is C12H8ClFN4. The Kier molecular flexibility index (Phi) is 2.41. The molecule has 18 heavy (non-hydrogen) atoms. The van der Waals surface area contributed by atoms with E-state index in [2.05, 4.69) is 10.1 Å². The van der Waals surface area contributed by atoms with E-state index in [1.165, 1.54) is 16.8 Å². The van der Waals surface area contributed by atoms with Gasteiger partial charge in [0.2, 0.25) is 5.95 Å². The van der Waals surface area contributed by atoms with Crippen LogP contribution in [-0.2, 0) is 0 Å². The van der Waals surface area contributed by atoms with E-state index in [1.807, 2.05) is 6.07 Å². The third kappa shape index (κ3) is 1.60. The molecule has 0 bridgehead atoms. The first-order valence-corrected chi connectivity index (χ1v) is 5.59. The van der Waals surface area contributed by atoms with Crippen molar-refractivity contribution in [3.8, 4) is 11.3 Å². The van der Waals surface area contributed by atoms with Gasteiger partial charge in [-0.25, -0.2) is 13.9 Å². The van der Waals surface area contributed by atoms with Gasteiger partial charge in [0.1, 0.15) is 5.52 Å². The summed E-state index contributed by atoms with van der Waals surface area (Å²) in [6.07, 6.45) is 1.35. The quantitative estimate of drug-likeness (QED) is 0.734. The van der Waals surface area contributed by atoms with Crippen LogP contribution in [0, 0.1) is 5.82 Å². The molecule has 3 aromatic rings. The molecule has 0 radical (unpaired) electrons. The van der Waals surface area contributed by atoms with Gasteiger partial charge in [-0.1, -0.05) is 29.8 Å². The summed E-state index contributed by atoms with van der Waals surface area (Å²) in [4.78, 5) is 3.77. The molecule has 0 atom stereocenters. The van der Waals surface area contributed by atoms with Crippen molar-refractivity contribution in [1.29, 1.82) is 0 Å². The van der Waals surface area contributed by atoms with Crippen LogP contribution in [0.4, 0.5) is 10.3 Å². The van der Waals surface area contributed by atoms with Crippen molar-refractivity contribution < 1.29 is 4.39 Å². The maximum atomic E-state index is 13.8. The molecule has 0 spiro atoms. The number of fused-ring (bicyclic) bond motifs is 1. The third-order valence-electron chi connectivity index (χ3n) is 2.64. The molecule has 0 aliphatic heterocycles. The Labute approximate surface area is 107 Å². The molecule has 4 nitrogen and oxygen atoms in total. The van der Waals surface area contributed by atoms with E-state index in [0.29, 0.717) is 16.3 Å². The first-order valence-electron chi connectivity index (χ1n) is 5.21. The molecule has 90 valence electrons. The van der Waals surface area contributed by atoms with Crippen molar-refractivity contribution in [3.63, 3.8) is 0 Å². The zero-order valence-electron chi connectivity index (χ0n) is 9.14. The number of benzene rings is 1. The van der Waals surface area contributed by atoms with Crippen molar-refractivity contribution in [1.82, 2.24) is 14.6 Å². The van der Waals surface area contributed by atoms with Gasteiger partial charge in [-0.15, -0.1) is 5.10 Å². The van der Waals surface area contributed by atoms with E-state index in [9.17, 15) is 4.39 Å². The molecule has 0 aliphatic carbocycles. The summed E-state index contributed by atoms with van der Waals surface area (Å²) in [5.41, 5.74) is 7.02. The van der Waals surface area contributed by atoms with Gasteiger partial charge in [0, 0.05) is 16.7 Å². The van der Waals surface area contributed by atoms with Gasteiger partial charge in [-0.3, -0.25) is 0 Å². The Balaban J connectivity index is 2.36. The smallest absolute Gasteiger partial charge is 0.238 e. The maximum Gasteiger partial charge on any atom is 0.238 e. The van der Waals surface area contributed by atoms with Gasteiger partial charge in [-0.05, 0) is 6.07 Å². The van der Waals surface area contributed by atoms with Gasteiger partial charge in [-0.2, -0.15) is 0 Å². The minimum Gasteiger partial charge on any atom is -0.367 e. The number of nitrogen functional groups attached to an aromatic ring is 1. The van der Waals surface area contributed by atoms with Crippen LogP contribution in [-0.4, -0.2) is 14.6 Å². The standard InChI is InChI=1S/C12H8ClFN4/c13-8-4-2-1-3-7(8)10-5-9(14)11-6-16-12(15)17-18(10)11/h1-6H,(H2,15,17).